The molecule has 1 aliphatic rings. The van der Waals surface area contributed by atoms with Crippen LogP contribution in [0.1, 0.15) is 43.7 Å². The number of nitrogens with zero attached hydrogens (tertiary/aromatic N) is 4. The molecule has 0 saturated carbocycles. The van der Waals surface area contributed by atoms with Gasteiger partial charge in [-0.05, 0) is 37.1 Å². The zero-order valence-corrected chi connectivity index (χ0v) is 29.0. The smallest absolute Gasteiger partial charge is 0.255 e. The van der Waals surface area contributed by atoms with Crippen molar-refractivity contribution >= 4 is 5.91 Å². The third-order valence-electron chi connectivity index (χ3n) is 9.16. The number of aliphatic hydroxyl groups is 4. The second-order valence-electron chi connectivity index (χ2n) is 13.2. The monoisotopic (exact) mass is 694 g/mol. The Bertz CT molecular complexity index is 1570. The lowest BCUT2D eigenvalue weighted by atomic mass is 10.0. The van der Waals surface area contributed by atoms with Crippen LogP contribution in [0, 0.1) is 18.8 Å². The third kappa shape index (κ3) is 10.8. The molecule has 13 nitrogen and oxygen atoms in total. The summed E-state index contributed by atoms with van der Waals surface area (Å²) in [4.78, 5) is 32.5. The van der Waals surface area contributed by atoms with E-state index in [1.807, 2.05) is 44.2 Å². The fourth-order valence-electron chi connectivity index (χ4n) is 6.25. The van der Waals surface area contributed by atoms with E-state index in [-0.39, 0.29) is 23.6 Å². The van der Waals surface area contributed by atoms with Crippen LogP contribution in [0.2, 0.25) is 0 Å². The number of benzene rings is 3. The van der Waals surface area contributed by atoms with E-state index in [0.29, 0.717) is 60.7 Å². The van der Waals surface area contributed by atoms with Crippen molar-refractivity contribution in [2.24, 2.45) is 0 Å². The Morgan fingerprint density at radius 2 is 1.18 bits per heavy atom. The van der Waals surface area contributed by atoms with E-state index < -0.39 is 44.4 Å². The molecule has 0 spiro atoms. The van der Waals surface area contributed by atoms with Gasteiger partial charge in [-0.25, -0.2) is 0 Å². The highest BCUT2D eigenvalue weighted by Crippen LogP contribution is 2.29. The third-order valence-corrected chi connectivity index (χ3v) is 9.16. The largest absolute Gasteiger partial charge is 0.507 e. The van der Waals surface area contributed by atoms with Crippen LogP contribution in [0.25, 0.3) is 0 Å². The Morgan fingerprint density at radius 3 is 1.70 bits per heavy atom. The van der Waals surface area contributed by atoms with Gasteiger partial charge in [-0.15, -0.1) is 0 Å². The summed E-state index contributed by atoms with van der Waals surface area (Å²) in [5.41, 5.74) is 4.62. The molecule has 1 amide bonds. The average Bonchev–Trinajstić information content (AvgIpc) is 3.19. The first kappa shape index (κ1) is 38.8. The minimum atomic E-state index is -0.977. The van der Waals surface area contributed by atoms with Gasteiger partial charge in [0.1, 0.15) is 24.7 Å². The Balaban J connectivity index is 1.58. The molecule has 0 radical (unpaired) electrons. The van der Waals surface area contributed by atoms with Crippen LogP contribution in [-0.4, -0.2) is 134 Å². The van der Waals surface area contributed by atoms with E-state index in [1.165, 1.54) is 5.56 Å². The SMILES string of the molecule is Cc1cc(CN2CCN(Cc3ccccc3)CCN(Cc3cc(C)cc(C(=O)NC(CO)CO)c3O)CC2)c(O)c(C[N+](=O)C(CO)CO)c1. The van der Waals surface area contributed by atoms with E-state index in [4.69, 9.17) is 0 Å². The van der Waals surface area contributed by atoms with Crippen molar-refractivity contribution < 1.29 is 40.2 Å². The number of aliphatic hydroxyl groups excluding tert-OH is 4. The predicted octanol–water partition coefficient (Wildman–Crippen LogP) is 1.25. The summed E-state index contributed by atoms with van der Waals surface area (Å²) in [7, 11) is 0. The van der Waals surface area contributed by atoms with E-state index in [1.54, 1.807) is 12.1 Å². The summed E-state index contributed by atoms with van der Waals surface area (Å²) in [6.45, 7) is 7.47. The van der Waals surface area contributed by atoms with Crippen LogP contribution in [0.4, 0.5) is 0 Å². The zero-order valence-electron chi connectivity index (χ0n) is 29.0. The average molecular weight is 695 g/mol. The number of phenols is 2. The number of aryl methyl sites for hydroxylation is 2. The Hall–Kier alpha value is -3.95. The summed E-state index contributed by atoms with van der Waals surface area (Å²) in [6.07, 6.45) is 0. The molecular formula is C37H52N5O8+. The maximum Gasteiger partial charge on any atom is 0.255 e. The molecule has 7 N–H and O–H groups in total. The predicted molar refractivity (Wildman–Crippen MR) is 189 cm³/mol. The highest BCUT2D eigenvalue weighted by molar-refractivity contribution is 5.97. The normalized spacial score (nSPS) is 15.2. The fourth-order valence-corrected chi connectivity index (χ4v) is 6.25. The van der Waals surface area contributed by atoms with Crippen molar-refractivity contribution in [1.29, 1.82) is 0 Å². The van der Waals surface area contributed by atoms with Crippen molar-refractivity contribution in [3.05, 3.63) is 98.4 Å². The van der Waals surface area contributed by atoms with Crippen molar-refractivity contribution in [2.75, 3.05) is 65.7 Å². The number of amides is 1. The molecule has 1 heterocycles. The summed E-state index contributed by atoms with van der Waals surface area (Å²) >= 11 is 0. The van der Waals surface area contributed by atoms with E-state index in [2.05, 4.69) is 32.1 Å². The van der Waals surface area contributed by atoms with E-state index in [0.717, 1.165) is 30.8 Å². The molecule has 4 rings (SSSR count). The van der Waals surface area contributed by atoms with Crippen LogP contribution in [0.5, 0.6) is 11.5 Å². The van der Waals surface area contributed by atoms with Gasteiger partial charge < -0.3 is 36.0 Å². The quantitative estimate of drug-likeness (QED) is 0.114. The highest BCUT2D eigenvalue weighted by atomic mass is 16.3. The fraction of sp³-hybridized carbons (Fsp3) is 0.486. The van der Waals surface area contributed by atoms with Crippen LogP contribution >= 0.6 is 0 Å². The molecule has 1 aliphatic heterocycles. The second-order valence-corrected chi connectivity index (χ2v) is 13.2. The maximum atomic E-state index is 13.0. The molecule has 0 atom stereocenters. The standard InChI is InChI=1S/C37H51N5O8/c1-26-14-29(35(47)31(15-26)21-42(50)33(24-45)25-46)19-40-10-8-39(18-28-6-4-3-5-7-28)9-11-41(13-12-40)20-30-16-27(2)17-34(36(30)48)37(49)38-32(22-43)23-44/h3-7,14-17,32-33,43-46H,8-13,18-25H2,1-2H3,(H2-,38,47,48,49)/p+1. The number of rotatable bonds is 15. The van der Waals surface area contributed by atoms with E-state index >= 15 is 0 Å². The van der Waals surface area contributed by atoms with Gasteiger partial charge in [-0.1, -0.05) is 48.0 Å². The topological polar surface area (TPSA) is 180 Å². The summed E-state index contributed by atoms with van der Waals surface area (Å²) in [5, 5.41) is 62.9. The number of hydrogen-bond acceptors (Lipinski definition) is 11. The van der Waals surface area contributed by atoms with Crippen molar-refractivity contribution in [3.63, 3.8) is 0 Å². The lowest BCUT2D eigenvalue weighted by Gasteiger charge is -2.27. The molecule has 0 aliphatic carbocycles. The van der Waals surface area contributed by atoms with Gasteiger partial charge in [0.25, 0.3) is 5.91 Å². The summed E-state index contributed by atoms with van der Waals surface area (Å²) < 4.78 is 0.589. The molecular weight excluding hydrogens is 642 g/mol. The first-order valence-corrected chi connectivity index (χ1v) is 17.1. The molecule has 0 unspecified atom stereocenters. The lowest BCUT2D eigenvalue weighted by Crippen LogP contribution is -2.40. The molecule has 1 fully saturated rings. The molecule has 50 heavy (non-hydrogen) atoms. The van der Waals surface area contributed by atoms with Crippen molar-refractivity contribution in [3.8, 4) is 11.5 Å². The Labute approximate surface area is 293 Å². The summed E-state index contributed by atoms with van der Waals surface area (Å²) in [5.74, 6) is -0.704. The number of aromatic hydroxyl groups is 2. The first-order valence-electron chi connectivity index (χ1n) is 17.1. The highest BCUT2D eigenvalue weighted by Gasteiger charge is 2.27. The number of nitroso groups, excluding NO2 is 1. The zero-order chi connectivity index (χ0) is 36.2. The molecule has 3 aromatic rings. The van der Waals surface area contributed by atoms with Gasteiger partial charge in [0, 0.05) is 79.7 Å². The first-order chi connectivity index (χ1) is 24.0. The van der Waals surface area contributed by atoms with Crippen molar-refractivity contribution in [1.82, 2.24) is 20.0 Å². The molecule has 0 aromatic heterocycles. The molecule has 1 saturated heterocycles. The maximum absolute atomic E-state index is 13.0. The van der Waals surface area contributed by atoms with Crippen molar-refractivity contribution in [2.45, 2.75) is 52.1 Å². The minimum Gasteiger partial charge on any atom is -0.507 e. The van der Waals surface area contributed by atoms with Gasteiger partial charge in [-0.2, -0.15) is 0 Å². The number of hydrogen-bond donors (Lipinski definition) is 7. The number of carbonyl (C=O) groups is 1. The lowest BCUT2D eigenvalue weighted by molar-refractivity contribution is -0.605. The number of phenolic OH excluding ortho intramolecular Hbond substituents is 2. The van der Waals surface area contributed by atoms with Crippen LogP contribution < -0.4 is 5.32 Å². The molecule has 13 heteroatoms. The Kier molecular flexibility index (Phi) is 14.7. The molecule has 0 bridgehead atoms. The van der Waals surface area contributed by atoms with Crippen LogP contribution in [0.15, 0.2) is 54.6 Å². The Morgan fingerprint density at radius 1 is 0.700 bits per heavy atom. The summed E-state index contributed by atoms with van der Waals surface area (Å²) in [6, 6.07) is 15.5. The van der Waals surface area contributed by atoms with Gasteiger partial charge >= 0.3 is 0 Å². The minimum absolute atomic E-state index is 0.0177. The number of carbonyl (C=O) groups excluding carboxylic acids is 1. The second kappa shape index (κ2) is 18.9. The van der Waals surface area contributed by atoms with Gasteiger partial charge in [0.2, 0.25) is 12.6 Å². The van der Waals surface area contributed by atoms with E-state index in [9.17, 15) is 40.3 Å². The van der Waals surface area contributed by atoms with Crippen LogP contribution in [-0.2, 0) is 26.2 Å². The number of nitrogens with one attached hydrogen (secondary N) is 1. The van der Waals surface area contributed by atoms with Crippen LogP contribution in [0.3, 0.4) is 0 Å². The van der Waals surface area contributed by atoms with Gasteiger partial charge in [-0.3, -0.25) is 19.5 Å². The van der Waals surface area contributed by atoms with Gasteiger partial charge in [0.15, 0.2) is 0 Å². The van der Waals surface area contributed by atoms with Gasteiger partial charge in [0.05, 0.1) is 30.4 Å². The molecule has 272 valence electrons. The molecule has 3 aromatic carbocycles.